The average Bonchev–Trinajstić information content (AvgIpc) is 2.30. The predicted molar refractivity (Wildman–Crippen MR) is 62.4 cm³/mol. The molecule has 16 heavy (non-hydrogen) atoms. The van der Waals surface area contributed by atoms with Crippen molar-refractivity contribution in [3.8, 4) is 6.07 Å². The third-order valence-corrected chi connectivity index (χ3v) is 2.48. The van der Waals surface area contributed by atoms with Gasteiger partial charge < -0.3 is 4.90 Å². The Morgan fingerprint density at radius 3 is 2.50 bits per heavy atom. The molecule has 3 nitrogen and oxygen atoms in total. The maximum Gasteiger partial charge on any atom is 0.239 e. The van der Waals surface area contributed by atoms with Gasteiger partial charge >= 0.3 is 0 Å². The van der Waals surface area contributed by atoms with E-state index in [1.807, 2.05) is 37.3 Å². The summed E-state index contributed by atoms with van der Waals surface area (Å²) >= 11 is 0. The van der Waals surface area contributed by atoms with Gasteiger partial charge in [0.1, 0.15) is 5.92 Å². The van der Waals surface area contributed by atoms with Gasteiger partial charge in [-0.1, -0.05) is 29.8 Å². The zero-order valence-electron chi connectivity index (χ0n) is 9.90. The van der Waals surface area contributed by atoms with Crippen LogP contribution in [0.4, 0.5) is 0 Å². The van der Waals surface area contributed by atoms with E-state index in [4.69, 9.17) is 5.26 Å². The van der Waals surface area contributed by atoms with Crippen molar-refractivity contribution in [2.24, 2.45) is 5.92 Å². The van der Waals surface area contributed by atoms with Crippen molar-refractivity contribution in [3.05, 3.63) is 35.4 Å². The Labute approximate surface area is 96.3 Å². The van der Waals surface area contributed by atoms with E-state index < -0.39 is 5.92 Å². The fourth-order valence-corrected chi connectivity index (χ4v) is 1.43. The summed E-state index contributed by atoms with van der Waals surface area (Å²) in [6, 6.07) is 9.97. The molecular weight excluding hydrogens is 200 g/mol. The molecule has 0 fully saturated rings. The number of benzene rings is 1. The molecule has 0 aliphatic carbocycles. The van der Waals surface area contributed by atoms with E-state index in [2.05, 4.69) is 0 Å². The molecule has 0 saturated heterocycles. The maximum absolute atomic E-state index is 11.6. The zero-order valence-corrected chi connectivity index (χ0v) is 9.90. The number of carbonyl (C=O) groups is 1. The normalized spacial score (nSPS) is 11.6. The van der Waals surface area contributed by atoms with E-state index in [9.17, 15) is 4.79 Å². The molecule has 0 aliphatic rings. The number of amides is 1. The molecule has 3 heteroatoms. The summed E-state index contributed by atoms with van der Waals surface area (Å²) in [5.74, 6) is -0.710. The summed E-state index contributed by atoms with van der Waals surface area (Å²) in [5, 5.41) is 8.66. The molecular formula is C13H16N2O. The van der Waals surface area contributed by atoms with Crippen LogP contribution in [0.1, 0.15) is 18.1 Å². The summed E-state index contributed by atoms with van der Waals surface area (Å²) in [6.45, 7) is 4.19. The first-order valence-electron chi connectivity index (χ1n) is 5.24. The number of hydrogen-bond acceptors (Lipinski definition) is 2. The molecule has 1 aromatic carbocycles. The molecule has 0 radical (unpaired) electrons. The highest BCUT2D eigenvalue weighted by atomic mass is 16.2. The largest absolute Gasteiger partial charge is 0.340 e. The molecule has 1 atom stereocenters. The number of nitrogens with zero attached hydrogens (tertiary/aromatic N) is 2. The van der Waals surface area contributed by atoms with Crippen LogP contribution in [0.2, 0.25) is 0 Å². The fourth-order valence-electron chi connectivity index (χ4n) is 1.43. The molecule has 0 heterocycles. The first-order valence-corrected chi connectivity index (χ1v) is 5.24. The first kappa shape index (κ1) is 12.3. The second-order valence-electron chi connectivity index (χ2n) is 4.03. The van der Waals surface area contributed by atoms with Crippen LogP contribution in [0.5, 0.6) is 0 Å². The lowest BCUT2D eigenvalue weighted by atomic mass is 10.1. The van der Waals surface area contributed by atoms with E-state index in [0.717, 1.165) is 5.56 Å². The highest BCUT2D eigenvalue weighted by molar-refractivity contribution is 5.80. The Balaban J connectivity index is 2.65. The molecule has 0 aromatic heterocycles. The van der Waals surface area contributed by atoms with E-state index in [1.165, 1.54) is 5.56 Å². The number of aryl methyl sites for hydroxylation is 1. The second-order valence-corrected chi connectivity index (χ2v) is 4.03. The topological polar surface area (TPSA) is 44.1 Å². The molecule has 0 aliphatic heterocycles. The van der Waals surface area contributed by atoms with Crippen molar-refractivity contribution >= 4 is 5.91 Å². The summed E-state index contributed by atoms with van der Waals surface area (Å²) in [7, 11) is 1.72. The van der Waals surface area contributed by atoms with Gasteiger partial charge in [-0.05, 0) is 19.4 Å². The first-order chi connectivity index (χ1) is 7.54. The monoisotopic (exact) mass is 216 g/mol. The molecule has 0 spiro atoms. The van der Waals surface area contributed by atoms with Crippen LogP contribution in [-0.2, 0) is 11.3 Å². The van der Waals surface area contributed by atoms with Gasteiger partial charge in [0.05, 0.1) is 6.07 Å². The third kappa shape index (κ3) is 3.09. The third-order valence-electron chi connectivity index (χ3n) is 2.48. The van der Waals surface area contributed by atoms with E-state index >= 15 is 0 Å². The molecule has 0 saturated carbocycles. The fraction of sp³-hybridized carbons (Fsp3) is 0.385. The van der Waals surface area contributed by atoms with Crippen molar-refractivity contribution in [2.75, 3.05) is 7.05 Å². The zero-order chi connectivity index (χ0) is 12.1. The minimum absolute atomic E-state index is 0.136. The molecule has 1 rings (SSSR count). The van der Waals surface area contributed by atoms with Crippen molar-refractivity contribution in [1.82, 2.24) is 4.90 Å². The number of carbonyl (C=O) groups excluding carboxylic acids is 1. The Kier molecular flexibility index (Phi) is 4.07. The van der Waals surface area contributed by atoms with Gasteiger partial charge in [0.25, 0.3) is 0 Å². The standard InChI is InChI=1S/C13H16N2O/c1-10-4-6-12(7-5-10)9-15(3)13(16)11(2)8-14/h4-7,11H,9H2,1-3H3. The van der Waals surface area contributed by atoms with Gasteiger partial charge in [-0.15, -0.1) is 0 Å². The van der Waals surface area contributed by atoms with Crippen molar-refractivity contribution in [2.45, 2.75) is 20.4 Å². The number of rotatable bonds is 3. The van der Waals surface area contributed by atoms with Gasteiger partial charge in [-0.25, -0.2) is 0 Å². The molecule has 0 bridgehead atoms. The Morgan fingerprint density at radius 1 is 1.44 bits per heavy atom. The summed E-state index contributed by atoms with van der Waals surface area (Å²) < 4.78 is 0. The molecule has 1 amide bonds. The predicted octanol–water partition coefficient (Wildman–Crippen LogP) is 2.11. The lowest BCUT2D eigenvalue weighted by Gasteiger charge is -2.18. The van der Waals surface area contributed by atoms with Crippen molar-refractivity contribution < 1.29 is 4.79 Å². The van der Waals surface area contributed by atoms with Crippen LogP contribution < -0.4 is 0 Å². The summed E-state index contributed by atoms with van der Waals surface area (Å²) in [4.78, 5) is 13.2. The van der Waals surface area contributed by atoms with E-state index in [1.54, 1.807) is 18.9 Å². The van der Waals surface area contributed by atoms with Crippen LogP contribution >= 0.6 is 0 Å². The Bertz CT molecular complexity index is 403. The Morgan fingerprint density at radius 2 is 2.00 bits per heavy atom. The lowest BCUT2D eigenvalue weighted by molar-refractivity contribution is -0.132. The summed E-state index contributed by atoms with van der Waals surface area (Å²) in [5.41, 5.74) is 2.27. The van der Waals surface area contributed by atoms with Crippen LogP contribution in [0.25, 0.3) is 0 Å². The minimum atomic E-state index is -0.574. The highest BCUT2D eigenvalue weighted by Gasteiger charge is 2.16. The van der Waals surface area contributed by atoms with Crippen molar-refractivity contribution in [1.29, 1.82) is 5.26 Å². The van der Waals surface area contributed by atoms with Crippen LogP contribution in [0, 0.1) is 24.2 Å². The van der Waals surface area contributed by atoms with Gasteiger partial charge in [0.2, 0.25) is 5.91 Å². The average molecular weight is 216 g/mol. The quantitative estimate of drug-likeness (QED) is 0.776. The number of hydrogen-bond donors (Lipinski definition) is 0. The maximum atomic E-state index is 11.6. The number of nitriles is 1. The van der Waals surface area contributed by atoms with E-state index in [0.29, 0.717) is 6.54 Å². The van der Waals surface area contributed by atoms with Gasteiger partial charge in [-0.3, -0.25) is 4.79 Å². The van der Waals surface area contributed by atoms with Crippen LogP contribution in [-0.4, -0.2) is 17.9 Å². The smallest absolute Gasteiger partial charge is 0.239 e. The SMILES string of the molecule is Cc1ccc(CN(C)C(=O)C(C)C#N)cc1. The van der Waals surface area contributed by atoms with Crippen LogP contribution in [0.15, 0.2) is 24.3 Å². The van der Waals surface area contributed by atoms with Gasteiger partial charge in [-0.2, -0.15) is 5.26 Å². The lowest BCUT2D eigenvalue weighted by Crippen LogP contribution is -2.30. The van der Waals surface area contributed by atoms with Gasteiger partial charge in [0, 0.05) is 13.6 Å². The molecule has 1 aromatic rings. The van der Waals surface area contributed by atoms with E-state index in [-0.39, 0.29) is 5.91 Å². The Hall–Kier alpha value is -1.82. The highest BCUT2D eigenvalue weighted by Crippen LogP contribution is 2.08. The van der Waals surface area contributed by atoms with Crippen LogP contribution in [0.3, 0.4) is 0 Å². The molecule has 84 valence electrons. The second kappa shape index (κ2) is 5.32. The molecule has 1 unspecified atom stereocenters. The minimum Gasteiger partial charge on any atom is -0.340 e. The van der Waals surface area contributed by atoms with Gasteiger partial charge in [0.15, 0.2) is 0 Å². The molecule has 0 N–H and O–H groups in total. The summed E-state index contributed by atoms with van der Waals surface area (Å²) in [6.07, 6.45) is 0. The van der Waals surface area contributed by atoms with Crippen molar-refractivity contribution in [3.63, 3.8) is 0 Å².